The van der Waals surface area contributed by atoms with Crippen LogP contribution in [0.4, 0.5) is 4.39 Å². The molecule has 2 rings (SSSR count). The van der Waals surface area contributed by atoms with E-state index in [1.165, 1.54) is 12.1 Å². The van der Waals surface area contributed by atoms with Crippen molar-refractivity contribution < 1.29 is 19.0 Å². The van der Waals surface area contributed by atoms with Gasteiger partial charge < -0.3 is 14.7 Å². The molecule has 1 N–H and O–H groups in total. The van der Waals surface area contributed by atoms with Crippen LogP contribution in [0.1, 0.15) is 12.8 Å². The number of para-hydroxylation sites is 1. The molecular weight excluding hydrogens is 237 g/mol. The van der Waals surface area contributed by atoms with E-state index in [4.69, 9.17) is 4.74 Å². The minimum Gasteiger partial charge on any atom is -0.481 e. The molecule has 0 aliphatic carbocycles. The Hall–Kier alpha value is -1.62. The first-order valence-corrected chi connectivity index (χ1v) is 6.00. The Morgan fingerprint density at radius 1 is 1.50 bits per heavy atom. The van der Waals surface area contributed by atoms with Gasteiger partial charge in [0.05, 0.1) is 6.10 Å². The van der Waals surface area contributed by atoms with E-state index >= 15 is 0 Å². The molecule has 1 aliphatic heterocycles. The Labute approximate surface area is 105 Å². The number of β-amino-alcohol motifs (C(OH)–C–C–N with tert-alkyl or cyclic N) is 1. The van der Waals surface area contributed by atoms with Crippen molar-refractivity contribution >= 4 is 5.91 Å². The molecule has 18 heavy (non-hydrogen) atoms. The summed E-state index contributed by atoms with van der Waals surface area (Å²) in [7, 11) is 0. The average molecular weight is 253 g/mol. The number of nitrogens with zero attached hydrogens (tertiary/aromatic N) is 1. The van der Waals surface area contributed by atoms with Gasteiger partial charge in [-0.25, -0.2) is 4.39 Å². The first-order chi connectivity index (χ1) is 8.66. The Morgan fingerprint density at radius 2 is 2.28 bits per heavy atom. The van der Waals surface area contributed by atoms with E-state index in [-0.39, 0.29) is 18.3 Å². The van der Waals surface area contributed by atoms with E-state index in [9.17, 15) is 14.3 Å². The molecule has 1 saturated heterocycles. The summed E-state index contributed by atoms with van der Waals surface area (Å²) in [6, 6.07) is 5.97. The maximum absolute atomic E-state index is 13.3. The topological polar surface area (TPSA) is 49.8 Å². The first-order valence-electron chi connectivity index (χ1n) is 6.00. The number of piperidine rings is 1. The Kier molecular flexibility index (Phi) is 4.15. The number of rotatable bonds is 3. The zero-order valence-electron chi connectivity index (χ0n) is 10.0. The number of carbonyl (C=O) groups is 1. The van der Waals surface area contributed by atoms with Gasteiger partial charge in [-0.15, -0.1) is 0 Å². The van der Waals surface area contributed by atoms with Crippen LogP contribution in [0.3, 0.4) is 0 Å². The Balaban J connectivity index is 1.86. The molecule has 1 aliphatic rings. The molecule has 0 aromatic heterocycles. The molecule has 5 heteroatoms. The van der Waals surface area contributed by atoms with Gasteiger partial charge in [0, 0.05) is 13.1 Å². The van der Waals surface area contributed by atoms with Gasteiger partial charge in [0.1, 0.15) is 0 Å². The zero-order chi connectivity index (χ0) is 13.0. The van der Waals surface area contributed by atoms with Crippen LogP contribution in [-0.2, 0) is 4.79 Å². The lowest BCUT2D eigenvalue weighted by Gasteiger charge is -2.30. The number of benzene rings is 1. The van der Waals surface area contributed by atoms with Crippen LogP contribution in [0, 0.1) is 5.82 Å². The van der Waals surface area contributed by atoms with E-state index in [0.717, 1.165) is 12.8 Å². The Morgan fingerprint density at radius 3 is 3.00 bits per heavy atom. The number of likely N-dealkylation sites (tertiary alicyclic amines) is 1. The van der Waals surface area contributed by atoms with Crippen molar-refractivity contribution in [2.45, 2.75) is 18.9 Å². The number of ether oxygens (including phenoxy) is 1. The fraction of sp³-hybridized carbons (Fsp3) is 0.462. The summed E-state index contributed by atoms with van der Waals surface area (Å²) in [5, 5.41) is 9.46. The highest BCUT2D eigenvalue weighted by Gasteiger charge is 2.22. The molecular formula is C13H16FNO3. The van der Waals surface area contributed by atoms with Crippen molar-refractivity contribution in [1.82, 2.24) is 4.90 Å². The molecule has 1 aromatic rings. The molecule has 98 valence electrons. The van der Waals surface area contributed by atoms with Crippen molar-refractivity contribution in [1.29, 1.82) is 0 Å². The quantitative estimate of drug-likeness (QED) is 0.880. The van der Waals surface area contributed by atoms with Crippen molar-refractivity contribution in [3.63, 3.8) is 0 Å². The molecule has 0 bridgehead atoms. The number of amides is 1. The summed E-state index contributed by atoms with van der Waals surface area (Å²) in [5.74, 6) is -0.635. The fourth-order valence-electron chi connectivity index (χ4n) is 1.97. The first kappa shape index (κ1) is 12.8. The highest BCUT2D eigenvalue weighted by atomic mass is 19.1. The molecule has 1 heterocycles. The summed E-state index contributed by atoms with van der Waals surface area (Å²) in [4.78, 5) is 13.3. The molecule has 1 amide bonds. The molecule has 1 unspecified atom stereocenters. The van der Waals surface area contributed by atoms with Gasteiger partial charge in [0.2, 0.25) is 0 Å². The predicted octanol–water partition coefficient (Wildman–Crippen LogP) is 1.19. The summed E-state index contributed by atoms with van der Waals surface area (Å²) >= 11 is 0. The van der Waals surface area contributed by atoms with E-state index in [1.54, 1.807) is 17.0 Å². The summed E-state index contributed by atoms with van der Waals surface area (Å²) in [5.41, 5.74) is 0. The van der Waals surface area contributed by atoms with Gasteiger partial charge in [0.25, 0.3) is 5.91 Å². The maximum Gasteiger partial charge on any atom is 0.260 e. The van der Waals surface area contributed by atoms with Crippen molar-refractivity contribution in [3.05, 3.63) is 30.1 Å². The average Bonchev–Trinajstić information content (AvgIpc) is 2.37. The van der Waals surface area contributed by atoms with E-state index in [0.29, 0.717) is 13.1 Å². The minimum atomic E-state index is -0.482. The highest BCUT2D eigenvalue weighted by Crippen LogP contribution is 2.16. The third kappa shape index (κ3) is 3.20. The number of carbonyl (C=O) groups excluding carboxylic acids is 1. The van der Waals surface area contributed by atoms with Crippen LogP contribution in [0.25, 0.3) is 0 Å². The van der Waals surface area contributed by atoms with Gasteiger partial charge in [-0.3, -0.25) is 4.79 Å². The van der Waals surface area contributed by atoms with Crippen molar-refractivity contribution in [3.8, 4) is 5.75 Å². The third-order valence-electron chi connectivity index (χ3n) is 2.94. The number of hydrogen-bond acceptors (Lipinski definition) is 3. The van der Waals surface area contributed by atoms with Crippen molar-refractivity contribution in [2.24, 2.45) is 0 Å². The van der Waals surface area contributed by atoms with Crippen LogP contribution in [0.5, 0.6) is 5.75 Å². The maximum atomic E-state index is 13.3. The van der Waals surface area contributed by atoms with Gasteiger partial charge in [-0.1, -0.05) is 12.1 Å². The summed E-state index contributed by atoms with van der Waals surface area (Å²) in [6.45, 7) is 0.754. The number of aliphatic hydroxyl groups is 1. The van der Waals surface area contributed by atoms with Crippen molar-refractivity contribution in [2.75, 3.05) is 19.7 Å². The molecule has 4 nitrogen and oxygen atoms in total. The van der Waals surface area contributed by atoms with Gasteiger partial charge >= 0.3 is 0 Å². The number of hydrogen-bond donors (Lipinski definition) is 1. The lowest BCUT2D eigenvalue weighted by atomic mass is 10.1. The lowest BCUT2D eigenvalue weighted by Crippen LogP contribution is -2.44. The molecule has 0 radical (unpaired) electrons. The smallest absolute Gasteiger partial charge is 0.260 e. The van der Waals surface area contributed by atoms with Crippen LogP contribution >= 0.6 is 0 Å². The standard InChI is InChI=1S/C13H16FNO3/c14-11-5-1-2-6-12(11)18-9-13(17)15-7-3-4-10(16)8-15/h1-2,5-6,10,16H,3-4,7-9H2. The highest BCUT2D eigenvalue weighted by molar-refractivity contribution is 5.77. The normalized spacial score (nSPS) is 19.7. The Bertz CT molecular complexity index is 424. The molecule has 1 atom stereocenters. The second-order valence-electron chi connectivity index (χ2n) is 4.35. The van der Waals surface area contributed by atoms with Gasteiger partial charge in [-0.05, 0) is 25.0 Å². The monoisotopic (exact) mass is 253 g/mol. The summed E-state index contributed by atoms with van der Waals surface area (Å²) < 4.78 is 18.4. The van der Waals surface area contributed by atoms with Crippen LogP contribution < -0.4 is 4.74 Å². The predicted molar refractivity (Wildman–Crippen MR) is 63.7 cm³/mol. The minimum absolute atomic E-state index is 0.0726. The largest absolute Gasteiger partial charge is 0.481 e. The van der Waals surface area contributed by atoms with Crippen LogP contribution in [0.2, 0.25) is 0 Å². The fourth-order valence-corrected chi connectivity index (χ4v) is 1.97. The van der Waals surface area contributed by atoms with E-state index in [1.807, 2.05) is 0 Å². The van der Waals surface area contributed by atoms with Crippen LogP contribution in [-0.4, -0.2) is 41.7 Å². The molecule has 1 fully saturated rings. The van der Waals surface area contributed by atoms with Gasteiger partial charge in [0.15, 0.2) is 18.2 Å². The second kappa shape index (κ2) is 5.82. The summed E-state index contributed by atoms with van der Waals surface area (Å²) in [6.07, 6.45) is 1.04. The second-order valence-corrected chi connectivity index (χ2v) is 4.35. The SMILES string of the molecule is O=C(COc1ccccc1F)N1CCCC(O)C1. The van der Waals surface area contributed by atoms with E-state index < -0.39 is 11.9 Å². The number of halogens is 1. The number of aliphatic hydroxyl groups excluding tert-OH is 1. The zero-order valence-corrected chi connectivity index (χ0v) is 10.0. The van der Waals surface area contributed by atoms with Gasteiger partial charge in [-0.2, -0.15) is 0 Å². The lowest BCUT2D eigenvalue weighted by molar-refractivity contribution is -0.136. The third-order valence-corrected chi connectivity index (χ3v) is 2.94. The molecule has 1 aromatic carbocycles. The molecule has 0 spiro atoms. The molecule has 0 saturated carbocycles. The van der Waals surface area contributed by atoms with E-state index in [2.05, 4.69) is 0 Å². The van der Waals surface area contributed by atoms with Crippen LogP contribution in [0.15, 0.2) is 24.3 Å².